The van der Waals surface area contributed by atoms with Gasteiger partial charge in [0.25, 0.3) is 0 Å². The van der Waals surface area contributed by atoms with Gasteiger partial charge in [0, 0.05) is 18.1 Å². The third-order valence-electron chi connectivity index (χ3n) is 9.26. The number of pyridine rings is 1. The average molecular weight is 658 g/mol. The summed E-state index contributed by atoms with van der Waals surface area (Å²) in [5.74, 6) is 1.78. The normalized spacial score (nSPS) is 24.2. The highest BCUT2D eigenvalue weighted by atomic mass is 79.9. The molecule has 0 radical (unpaired) electrons. The molecule has 0 bridgehead atoms. The molecule has 1 aliphatic heterocycles. The number of hydrogen-bond acceptors (Lipinski definition) is 8. The van der Waals surface area contributed by atoms with Crippen molar-refractivity contribution in [1.82, 2.24) is 19.5 Å². The number of nitrogens with two attached hydrogens (primary N) is 1. The van der Waals surface area contributed by atoms with Crippen LogP contribution in [0.5, 0.6) is 5.75 Å². The van der Waals surface area contributed by atoms with Crippen LogP contribution in [0.1, 0.15) is 50.8 Å². The molecule has 0 amide bonds. The lowest BCUT2D eigenvalue weighted by Crippen LogP contribution is -2.40. The number of nitrogens with zero attached hydrogens (tertiary/aromatic N) is 4. The van der Waals surface area contributed by atoms with Crippen LogP contribution in [0.2, 0.25) is 0 Å². The minimum atomic E-state index is -0.664. The zero-order valence-corrected chi connectivity index (χ0v) is 27.0. The topological polar surface area (TPSA) is 109 Å². The van der Waals surface area contributed by atoms with E-state index in [0.29, 0.717) is 12.4 Å². The largest absolute Gasteiger partial charge is 0.497 e. The average Bonchev–Trinajstić information content (AvgIpc) is 3.62. The first kappa shape index (κ1) is 29.0. The number of nitrogens with one attached hydrogen (secondary N) is 1. The third-order valence-corrected chi connectivity index (χ3v) is 9.87. The standard InChI is InChI=1S/C34H37BrN6O3/c1-33(2)43-29-28(41-14-13-25-30(36)38-19-39-32(25)41)17-23(34(29,3)44-33)10-6-20-5-9-22-16-26(35)31(40-27(22)15-20)37-18-21-7-11-24(42-4)12-8-21/h5,7-9,11-16,19,23,28-29H,6,10,17-18H2,1-4H3,(H,37,40)(H2,36,38,39)/t23-,28+,29-,34+/m0/s1. The van der Waals surface area contributed by atoms with E-state index in [-0.39, 0.29) is 18.1 Å². The number of hydrogen-bond donors (Lipinski definition) is 2. The van der Waals surface area contributed by atoms with Crippen molar-refractivity contribution >= 4 is 49.5 Å². The monoisotopic (exact) mass is 656 g/mol. The van der Waals surface area contributed by atoms with Gasteiger partial charge in [-0.25, -0.2) is 15.0 Å². The van der Waals surface area contributed by atoms with Gasteiger partial charge in [-0.05, 0) is 103 Å². The van der Waals surface area contributed by atoms with Gasteiger partial charge >= 0.3 is 0 Å². The molecule has 3 aromatic heterocycles. The molecule has 2 aromatic carbocycles. The number of aryl methyl sites for hydroxylation is 1. The van der Waals surface area contributed by atoms with Crippen molar-refractivity contribution in [2.45, 2.75) is 70.1 Å². The van der Waals surface area contributed by atoms with Gasteiger partial charge in [0.05, 0.1) is 34.1 Å². The van der Waals surface area contributed by atoms with Crippen molar-refractivity contribution in [1.29, 1.82) is 0 Å². The Morgan fingerprint density at radius 3 is 2.66 bits per heavy atom. The summed E-state index contributed by atoms with van der Waals surface area (Å²) in [5.41, 5.74) is 9.94. The van der Waals surface area contributed by atoms with Crippen LogP contribution in [-0.2, 0) is 22.4 Å². The number of aromatic nitrogens is 4. The van der Waals surface area contributed by atoms with Gasteiger partial charge in [-0.2, -0.15) is 0 Å². The van der Waals surface area contributed by atoms with Crippen molar-refractivity contribution in [3.05, 3.63) is 82.7 Å². The van der Waals surface area contributed by atoms with Crippen LogP contribution in [0, 0.1) is 5.92 Å². The summed E-state index contributed by atoms with van der Waals surface area (Å²) in [6.45, 7) is 6.89. The van der Waals surface area contributed by atoms with Crippen molar-refractivity contribution in [2.75, 3.05) is 18.2 Å². The predicted molar refractivity (Wildman–Crippen MR) is 176 cm³/mol. The molecule has 44 heavy (non-hydrogen) atoms. The van der Waals surface area contributed by atoms with Gasteiger partial charge in [0.1, 0.15) is 35.5 Å². The molecular formula is C34H37BrN6O3. The maximum absolute atomic E-state index is 6.67. The second-order valence-electron chi connectivity index (χ2n) is 12.5. The number of benzene rings is 2. The van der Waals surface area contributed by atoms with Crippen molar-refractivity contribution in [3.8, 4) is 5.75 Å². The summed E-state index contributed by atoms with van der Waals surface area (Å²) in [4.78, 5) is 13.7. The van der Waals surface area contributed by atoms with Crippen LogP contribution < -0.4 is 15.8 Å². The number of anilines is 2. The Balaban J connectivity index is 1.10. The summed E-state index contributed by atoms with van der Waals surface area (Å²) in [6, 6.07) is 18.8. The number of ether oxygens (including phenoxy) is 3. The summed E-state index contributed by atoms with van der Waals surface area (Å²) in [7, 11) is 1.68. The third kappa shape index (κ3) is 5.18. The molecule has 228 valence electrons. The summed E-state index contributed by atoms with van der Waals surface area (Å²) < 4.78 is 21.7. The Kier molecular flexibility index (Phi) is 7.26. The van der Waals surface area contributed by atoms with E-state index in [9.17, 15) is 0 Å². The minimum Gasteiger partial charge on any atom is -0.497 e. The molecule has 4 heterocycles. The quantitative estimate of drug-likeness (QED) is 0.183. The summed E-state index contributed by atoms with van der Waals surface area (Å²) in [5, 5.41) is 5.44. The molecule has 0 unspecified atom stereocenters. The first-order valence-electron chi connectivity index (χ1n) is 15.0. The molecule has 1 saturated carbocycles. The molecule has 2 aliphatic rings. The molecule has 2 fully saturated rings. The van der Waals surface area contributed by atoms with E-state index in [0.717, 1.165) is 62.8 Å². The number of halogens is 1. The molecule has 1 saturated heterocycles. The molecule has 1 aliphatic carbocycles. The van der Waals surface area contributed by atoms with Crippen LogP contribution in [0.25, 0.3) is 21.9 Å². The highest BCUT2D eigenvalue weighted by molar-refractivity contribution is 9.10. The van der Waals surface area contributed by atoms with Crippen molar-refractivity contribution < 1.29 is 14.2 Å². The van der Waals surface area contributed by atoms with E-state index < -0.39 is 11.4 Å². The molecule has 5 aromatic rings. The molecule has 7 rings (SSSR count). The molecule has 4 atom stereocenters. The van der Waals surface area contributed by atoms with E-state index in [2.05, 4.69) is 85.3 Å². The lowest BCUT2D eigenvalue weighted by Gasteiger charge is -2.30. The van der Waals surface area contributed by atoms with Gasteiger partial charge in [0.15, 0.2) is 5.79 Å². The van der Waals surface area contributed by atoms with Gasteiger partial charge < -0.3 is 29.8 Å². The van der Waals surface area contributed by atoms with E-state index >= 15 is 0 Å². The molecule has 3 N–H and O–H groups in total. The van der Waals surface area contributed by atoms with Gasteiger partial charge in [0.2, 0.25) is 0 Å². The zero-order valence-electron chi connectivity index (χ0n) is 25.4. The molecular weight excluding hydrogens is 620 g/mol. The highest BCUT2D eigenvalue weighted by Crippen LogP contribution is 2.55. The van der Waals surface area contributed by atoms with Crippen LogP contribution in [0.15, 0.2) is 71.6 Å². The Morgan fingerprint density at radius 2 is 1.86 bits per heavy atom. The highest BCUT2D eigenvalue weighted by Gasteiger charge is 2.62. The molecule has 9 nitrogen and oxygen atoms in total. The predicted octanol–water partition coefficient (Wildman–Crippen LogP) is 7.05. The van der Waals surface area contributed by atoms with E-state index in [4.69, 9.17) is 24.9 Å². The lowest BCUT2D eigenvalue weighted by atomic mass is 9.86. The van der Waals surface area contributed by atoms with Crippen LogP contribution in [0.3, 0.4) is 0 Å². The number of methoxy groups -OCH3 is 1. The van der Waals surface area contributed by atoms with Gasteiger partial charge in [-0.1, -0.05) is 24.3 Å². The summed E-state index contributed by atoms with van der Waals surface area (Å²) >= 11 is 3.70. The van der Waals surface area contributed by atoms with Crippen LogP contribution >= 0.6 is 15.9 Å². The first-order valence-corrected chi connectivity index (χ1v) is 15.8. The Bertz CT molecular complexity index is 1840. The van der Waals surface area contributed by atoms with Gasteiger partial charge in [-0.3, -0.25) is 0 Å². The Hall–Kier alpha value is -3.73. The second kappa shape index (κ2) is 11.0. The van der Waals surface area contributed by atoms with Crippen LogP contribution in [0.4, 0.5) is 11.6 Å². The fraction of sp³-hybridized carbons (Fsp3) is 0.382. The molecule has 10 heteroatoms. The first-order chi connectivity index (χ1) is 21.1. The van der Waals surface area contributed by atoms with Crippen molar-refractivity contribution in [3.63, 3.8) is 0 Å². The number of nitrogen functional groups attached to an aromatic ring is 1. The Labute approximate surface area is 265 Å². The lowest BCUT2D eigenvalue weighted by molar-refractivity contribution is -0.176. The van der Waals surface area contributed by atoms with E-state index in [1.807, 2.05) is 32.0 Å². The Morgan fingerprint density at radius 1 is 1.07 bits per heavy atom. The maximum atomic E-state index is 6.67. The summed E-state index contributed by atoms with van der Waals surface area (Å²) in [6.07, 6.45) is 6.28. The van der Waals surface area contributed by atoms with Gasteiger partial charge in [-0.15, -0.1) is 0 Å². The zero-order chi connectivity index (χ0) is 30.6. The number of fused-ring (bicyclic) bond motifs is 3. The fourth-order valence-corrected chi connectivity index (χ4v) is 7.59. The smallest absolute Gasteiger partial charge is 0.164 e. The van der Waals surface area contributed by atoms with E-state index in [1.54, 1.807) is 7.11 Å². The van der Waals surface area contributed by atoms with Crippen molar-refractivity contribution in [2.24, 2.45) is 5.92 Å². The fourth-order valence-electron chi connectivity index (χ4n) is 7.12. The SMILES string of the molecule is COc1ccc(CNc2nc3cc(CC[C@H]4C[C@@H](n5ccc6c(N)ncnc65)[C@@H]5OC(C)(C)O[C@]45C)ccc3cc2Br)cc1. The number of rotatable bonds is 8. The second-order valence-corrected chi connectivity index (χ2v) is 13.4. The van der Waals surface area contributed by atoms with E-state index in [1.165, 1.54) is 11.9 Å². The maximum Gasteiger partial charge on any atom is 0.164 e. The minimum absolute atomic E-state index is 0.0773. The molecule has 0 spiro atoms. The van der Waals surface area contributed by atoms with Crippen LogP contribution in [-0.4, -0.2) is 44.1 Å².